The molecular formula is C18H31ClN2O3. The highest BCUT2D eigenvalue weighted by Crippen LogP contribution is 2.58. The van der Waals surface area contributed by atoms with E-state index < -0.39 is 5.54 Å². The Kier molecular flexibility index (Phi) is 4.70. The lowest BCUT2D eigenvalue weighted by molar-refractivity contribution is -0.229. The quantitative estimate of drug-likeness (QED) is 0.778. The van der Waals surface area contributed by atoms with Crippen LogP contribution in [0, 0.1) is 16.7 Å². The first-order chi connectivity index (χ1) is 10.9. The van der Waals surface area contributed by atoms with E-state index >= 15 is 0 Å². The second-order valence-corrected chi connectivity index (χ2v) is 8.72. The highest BCUT2D eigenvalue weighted by molar-refractivity contribution is 5.90. The Morgan fingerprint density at radius 2 is 1.88 bits per heavy atom. The number of halogens is 1. The van der Waals surface area contributed by atoms with Crippen LogP contribution in [0.25, 0.3) is 0 Å². The van der Waals surface area contributed by atoms with E-state index in [0.717, 1.165) is 65.0 Å². The number of rotatable bonds is 1. The Hall–Kier alpha value is -0.360. The lowest BCUT2D eigenvalue weighted by Crippen LogP contribution is -2.82. The van der Waals surface area contributed by atoms with Gasteiger partial charge >= 0.3 is 0 Å². The van der Waals surface area contributed by atoms with E-state index in [1.54, 1.807) is 0 Å². The van der Waals surface area contributed by atoms with Crippen LogP contribution in [-0.4, -0.2) is 55.4 Å². The number of nitrogens with zero attached hydrogens (tertiary/aromatic N) is 1. The van der Waals surface area contributed by atoms with Gasteiger partial charge in [0.05, 0.1) is 6.10 Å². The zero-order valence-corrected chi connectivity index (χ0v) is 15.7. The Balaban J connectivity index is 0.00000169. The van der Waals surface area contributed by atoms with Crippen LogP contribution < -0.4 is 5.73 Å². The number of amides is 1. The molecule has 1 aliphatic carbocycles. The molecule has 0 bridgehead atoms. The van der Waals surface area contributed by atoms with Crippen molar-refractivity contribution >= 4 is 18.3 Å². The SMILES string of the molecule is CC1(C)C2OCCCC2C1(N)C(=O)N1CCC2(CCOCC2)C1.Cl. The molecule has 24 heavy (non-hydrogen) atoms. The predicted octanol–water partition coefficient (Wildman–Crippen LogP) is 1.97. The van der Waals surface area contributed by atoms with Gasteiger partial charge in [0.2, 0.25) is 5.91 Å². The summed E-state index contributed by atoms with van der Waals surface area (Å²) in [5.74, 6) is 0.350. The van der Waals surface area contributed by atoms with Crippen molar-refractivity contribution in [2.75, 3.05) is 32.9 Å². The van der Waals surface area contributed by atoms with E-state index in [1.807, 2.05) is 0 Å². The highest BCUT2D eigenvalue weighted by atomic mass is 35.5. The minimum absolute atomic E-state index is 0. The maximum absolute atomic E-state index is 13.4. The second-order valence-electron chi connectivity index (χ2n) is 8.72. The predicted molar refractivity (Wildman–Crippen MR) is 94.1 cm³/mol. The number of hydrogen-bond donors (Lipinski definition) is 1. The Morgan fingerprint density at radius 1 is 1.17 bits per heavy atom. The van der Waals surface area contributed by atoms with Crippen molar-refractivity contribution in [2.45, 2.75) is 57.6 Å². The monoisotopic (exact) mass is 358 g/mol. The van der Waals surface area contributed by atoms with Crippen LogP contribution in [0.15, 0.2) is 0 Å². The molecule has 0 radical (unpaired) electrons. The minimum atomic E-state index is -0.755. The molecule has 1 spiro atoms. The summed E-state index contributed by atoms with van der Waals surface area (Å²) in [5.41, 5.74) is 6.03. The van der Waals surface area contributed by atoms with E-state index in [1.165, 1.54) is 0 Å². The van der Waals surface area contributed by atoms with Gasteiger partial charge in [-0.3, -0.25) is 4.79 Å². The van der Waals surface area contributed by atoms with E-state index in [-0.39, 0.29) is 41.2 Å². The number of nitrogens with two attached hydrogens (primary N) is 1. The number of carbonyl (C=O) groups excluding carboxylic acids is 1. The van der Waals surface area contributed by atoms with Gasteiger partial charge < -0.3 is 20.1 Å². The number of hydrogen-bond acceptors (Lipinski definition) is 4. The standard InChI is InChI=1S/C18H30N2O3.ClH/c1-16(2)14-13(4-3-9-23-14)18(16,19)15(21)20-8-5-17(12-20)6-10-22-11-7-17;/h13-14H,3-12,19H2,1-2H3;1H. The fourth-order valence-electron chi connectivity index (χ4n) is 5.59. The van der Waals surface area contributed by atoms with Crippen LogP contribution in [0.1, 0.15) is 46.0 Å². The van der Waals surface area contributed by atoms with E-state index in [2.05, 4.69) is 18.7 Å². The van der Waals surface area contributed by atoms with Crippen molar-refractivity contribution in [1.29, 1.82) is 0 Å². The minimum Gasteiger partial charge on any atom is -0.381 e. The lowest BCUT2D eigenvalue weighted by atomic mass is 9.46. The fourth-order valence-corrected chi connectivity index (χ4v) is 5.59. The Morgan fingerprint density at radius 3 is 2.58 bits per heavy atom. The molecule has 6 heteroatoms. The third-order valence-corrected chi connectivity index (χ3v) is 7.32. The van der Waals surface area contributed by atoms with Crippen molar-refractivity contribution in [2.24, 2.45) is 22.5 Å². The second kappa shape index (κ2) is 6.11. The first-order valence-corrected chi connectivity index (χ1v) is 9.18. The van der Waals surface area contributed by atoms with Crippen LogP contribution in [0.2, 0.25) is 0 Å². The van der Waals surface area contributed by atoms with E-state index in [9.17, 15) is 4.79 Å². The zero-order chi connectivity index (χ0) is 16.3. The van der Waals surface area contributed by atoms with E-state index in [4.69, 9.17) is 15.2 Å². The summed E-state index contributed by atoms with van der Waals surface area (Å²) < 4.78 is 11.5. The third-order valence-electron chi connectivity index (χ3n) is 7.32. The molecule has 3 aliphatic heterocycles. The number of likely N-dealkylation sites (tertiary alicyclic amines) is 1. The van der Waals surface area contributed by atoms with Crippen molar-refractivity contribution in [3.8, 4) is 0 Å². The molecule has 0 aromatic rings. The molecule has 4 fully saturated rings. The number of ether oxygens (including phenoxy) is 2. The van der Waals surface area contributed by atoms with Gasteiger partial charge in [0, 0.05) is 44.2 Å². The molecule has 3 saturated heterocycles. The number of fused-ring (bicyclic) bond motifs is 1. The Bertz CT molecular complexity index is 506. The van der Waals surface area contributed by atoms with Gasteiger partial charge in [-0.2, -0.15) is 0 Å². The van der Waals surface area contributed by atoms with Crippen LogP contribution in [0.5, 0.6) is 0 Å². The lowest BCUT2D eigenvalue weighted by Gasteiger charge is -2.65. The van der Waals surface area contributed by atoms with Crippen LogP contribution in [0.3, 0.4) is 0 Å². The smallest absolute Gasteiger partial charge is 0.243 e. The van der Waals surface area contributed by atoms with Crippen molar-refractivity contribution in [3.63, 3.8) is 0 Å². The summed E-state index contributed by atoms with van der Waals surface area (Å²) in [5, 5.41) is 0. The number of carbonyl (C=O) groups is 1. The third kappa shape index (κ3) is 2.35. The average molecular weight is 359 g/mol. The highest BCUT2D eigenvalue weighted by Gasteiger charge is 2.71. The largest absolute Gasteiger partial charge is 0.381 e. The van der Waals surface area contributed by atoms with Crippen molar-refractivity contribution in [1.82, 2.24) is 4.90 Å². The van der Waals surface area contributed by atoms with Gasteiger partial charge in [-0.05, 0) is 37.5 Å². The summed E-state index contributed by atoms with van der Waals surface area (Å²) in [6.45, 7) is 8.41. The summed E-state index contributed by atoms with van der Waals surface area (Å²) in [7, 11) is 0. The molecule has 138 valence electrons. The molecule has 3 unspecified atom stereocenters. The Labute approximate surface area is 151 Å². The summed E-state index contributed by atoms with van der Waals surface area (Å²) in [6, 6.07) is 0. The topological polar surface area (TPSA) is 64.8 Å². The normalized spacial score (nSPS) is 39.7. The average Bonchev–Trinajstić information content (AvgIpc) is 2.97. The van der Waals surface area contributed by atoms with Crippen LogP contribution in [0.4, 0.5) is 0 Å². The van der Waals surface area contributed by atoms with Gasteiger partial charge in [-0.1, -0.05) is 13.8 Å². The van der Waals surface area contributed by atoms with Crippen molar-refractivity contribution in [3.05, 3.63) is 0 Å². The molecule has 4 rings (SSSR count). The van der Waals surface area contributed by atoms with Crippen LogP contribution >= 0.6 is 12.4 Å². The molecule has 0 aromatic heterocycles. The van der Waals surface area contributed by atoms with Gasteiger partial charge in [0.25, 0.3) is 0 Å². The first kappa shape index (κ1) is 18.4. The zero-order valence-electron chi connectivity index (χ0n) is 14.9. The molecule has 3 heterocycles. The maximum atomic E-state index is 13.4. The molecule has 3 atom stereocenters. The first-order valence-electron chi connectivity index (χ1n) is 9.18. The molecule has 0 aromatic carbocycles. The van der Waals surface area contributed by atoms with Gasteiger partial charge in [-0.15, -0.1) is 12.4 Å². The molecule has 2 N–H and O–H groups in total. The molecule has 1 amide bonds. The summed E-state index contributed by atoms with van der Waals surface area (Å²) >= 11 is 0. The molecular weight excluding hydrogens is 328 g/mol. The molecule has 1 saturated carbocycles. The fraction of sp³-hybridized carbons (Fsp3) is 0.944. The molecule has 5 nitrogen and oxygen atoms in total. The van der Waals surface area contributed by atoms with Gasteiger partial charge in [0.1, 0.15) is 5.54 Å². The maximum Gasteiger partial charge on any atom is 0.243 e. The van der Waals surface area contributed by atoms with Gasteiger partial charge in [-0.25, -0.2) is 0 Å². The summed E-state index contributed by atoms with van der Waals surface area (Å²) in [6.07, 6.45) is 5.43. The van der Waals surface area contributed by atoms with Gasteiger partial charge in [0.15, 0.2) is 0 Å². The summed E-state index contributed by atoms with van der Waals surface area (Å²) in [4.78, 5) is 15.4. The van der Waals surface area contributed by atoms with E-state index in [0.29, 0.717) is 0 Å². The van der Waals surface area contributed by atoms with Crippen LogP contribution in [-0.2, 0) is 14.3 Å². The van der Waals surface area contributed by atoms with Crippen molar-refractivity contribution < 1.29 is 14.3 Å². The molecule has 4 aliphatic rings.